The Morgan fingerprint density at radius 3 is 2.67 bits per heavy atom. The lowest BCUT2D eigenvalue weighted by Gasteiger charge is -2.08. The van der Waals surface area contributed by atoms with Crippen molar-refractivity contribution in [2.24, 2.45) is 0 Å². The molecule has 0 heterocycles. The first kappa shape index (κ1) is 14.9. The quantitative estimate of drug-likeness (QED) is 0.632. The van der Waals surface area contributed by atoms with E-state index in [1.165, 1.54) is 0 Å². The van der Waals surface area contributed by atoms with E-state index in [2.05, 4.69) is 5.32 Å². The Bertz CT molecular complexity index is 594. The molecule has 0 spiro atoms. The van der Waals surface area contributed by atoms with Crippen LogP contribution in [0.2, 0.25) is 0 Å². The summed E-state index contributed by atoms with van der Waals surface area (Å²) in [7, 11) is 0. The molecule has 4 nitrogen and oxygen atoms in total. The third-order valence-corrected chi connectivity index (χ3v) is 3.03. The van der Waals surface area contributed by atoms with Crippen molar-refractivity contribution in [2.75, 3.05) is 18.9 Å². The van der Waals surface area contributed by atoms with Gasteiger partial charge in [0, 0.05) is 5.69 Å². The number of hydrogen-bond acceptors (Lipinski definition) is 3. The van der Waals surface area contributed by atoms with Crippen LogP contribution >= 0.6 is 0 Å². The molecule has 0 unspecified atom stereocenters. The second-order valence-electron chi connectivity index (χ2n) is 4.93. The number of aryl methyl sites for hydroxylation is 1. The number of rotatable bonds is 6. The van der Waals surface area contributed by atoms with Gasteiger partial charge in [0.05, 0.1) is 13.0 Å². The Balaban J connectivity index is 1.68. The maximum absolute atomic E-state index is 11.8. The maximum atomic E-state index is 11.8. The molecule has 0 radical (unpaired) electrons. The number of carbonyl (C=O) groups is 1. The number of anilines is 1. The Morgan fingerprint density at radius 2 is 1.95 bits per heavy atom. The highest BCUT2D eigenvalue weighted by molar-refractivity contribution is 5.78. The molecule has 0 fully saturated rings. The lowest BCUT2D eigenvalue weighted by atomic mass is 10.1. The first-order chi connectivity index (χ1) is 10.1. The number of hydrogen-bond donors (Lipinski definition) is 2. The van der Waals surface area contributed by atoms with Crippen molar-refractivity contribution >= 4 is 11.6 Å². The smallest absolute Gasteiger partial charge is 0.224 e. The Morgan fingerprint density at radius 1 is 1.19 bits per heavy atom. The molecular weight excluding hydrogens is 264 g/mol. The topological polar surface area (TPSA) is 64.3 Å². The lowest BCUT2D eigenvalue weighted by molar-refractivity contribution is -0.120. The van der Waals surface area contributed by atoms with Crippen LogP contribution in [0.5, 0.6) is 5.75 Å². The average molecular weight is 284 g/mol. The van der Waals surface area contributed by atoms with Crippen LogP contribution in [0.15, 0.2) is 48.5 Å². The van der Waals surface area contributed by atoms with E-state index in [0.717, 1.165) is 16.9 Å². The number of ether oxygens (including phenoxy) is 1. The fourth-order valence-electron chi connectivity index (χ4n) is 1.95. The van der Waals surface area contributed by atoms with Gasteiger partial charge in [0.1, 0.15) is 12.4 Å². The molecule has 1 amide bonds. The minimum atomic E-state index is -0.0207. The third-order valence-electron chi connectivity index (χ3n) is 3.03. The number of amides is 1. The Hall–Kier alpha value is -2.49. The number of nitrogens with two attached hydrogens (primary N) is 1. The molecule has 2 aromatic carbocycles. The SMILES string of the molecule is Cc1cccc(OCCNC(=O)Cc2ccc(N)cc2)c1. The normalized spacial score (nSPS) is 10.1. The molecule has 0 aliphatic carbocycles. The molecule has 0 saturated heterocycles. The highest BCUT2D eigenvalue weighted by atomic mass is 16.5. The second kappa shape index (κ2) is 7.33. The zero-order valence-electron chi connectivity index (χ0n) is 12.1. The van der Waals surface area contributed by atoms with Crippen LogP contribution in [0.1, 0.15) is 11.1 Å². The fraction of sp³-hybridized carbons (Fsp3) is 0.235. The molecule has 21 heavy (non-hydrogen) atoms. The summed E-state index contributed by atoms with van der Waals surface area (Å²) in [5.41, 5.74) is 8.40. The molecule has 4 heteroatoms. The molecule has 3 N–H and O–H groups in total. The van der Waals surface area contributed by atoms with E-state index in [1.807, 2.05) is 43.3 Å². The summed E-state index contributed by atoms with van der Waals surface area (Å²) in [4.78, 5) is 11.8. The van der Waals surface area contributed by atoms with Gasteiger partial charge >= 0.3 is 0 Å². The van der Waals surface area contributed by atoms with Crippen molar-refractivity contribution < 1.29 is 9.53 Å². The Kier molecular flexibility index (Phi) is 5.21. The van der Waals surface area contributed by atoms with Gasteiger partial charge in [0.25, 0.3) is 0 Å². The summed E-state index contributed by atoms with van der Waals surface area (Å²) >= 11 is 0. The number of nitrogens with one attached hydrogen (secondary N) is 1. The van der Waals surface area contributed by atoms with Gasteiger partial charge in [-0.3, -0.25) is 4.79 Å². The Labute approximate surface area is 124 Å². The summed E-state index contributed by atoms with van der Waals surface area (Å²) in [6.07, 6.45) is 0.352. The van der Waals surface area contributed by atoms with Crippen LogP contribution in [0.25, 0.3) is 0 Å². The van der Waals surface area contributed by atoms with E-state index < -0.39 is 0 Å². The summed E-state index contributed by atoms with van der Waals surface area (Å²) in [5, 5.41) is 2.84. The summed E-state index contributed by atoms with van der Waals surface area (Å²) in [6.45, 7) is 2.96. The highest BCUT2D eigenvalue weighted by Gasteiger charge is 2.02. The van der Waals surface area contributed by atoms with Crippen LogP contribution in [0.4, 0.5) is 5.69 Å². The van der Waals surface area contributed by atoms with Gasteiger partial charge in [-0.1, -0.05) is 24.3 Å². The molecule has 0 saturated carbocycles. The van der Waals surface area contributed by atoms with E-state index in [-0.39, 0.29) is 5.91 Å². The van der Waals surface area contributed by atoms with Gasteiger partial charge in [-0.2, -0.15) is 0 Å². The van der Waals surface area contributed by atoms with Crippen molar-refractivity contribution in [3.63, 3.8) is 0 Å². The van der Waals surface area contributed by atoms with E-state index >= 15 is 0 Å². The van der Waals surface area contributed by atoms with Gasteiger partial charge < -0.3 is 15.8 Å². The van der Waals surface area contributed by atoms with E-state index in [0.29, 0.717) is 25.3 Å². The predicted octanol–water partition coefficient (Wildman–Crippen LogP) is 2.31. The summed E-state index contributed by atoms with van der Waals surface area (Å²) in [6, 6.07) is 15.1. The van der Waals surface area contributed by atoms with Gasteiger partial charge in [-0.25, -0.2) is 0 Å². The van der Waals surface area contributed by atoms with Gasteiger partial charge in [0.15, 0.2) is 0 Å². The fourth-order valence-corrected chi connectivity index (χ4v) is 1.95. The van der Waals surface area contributed by atoms with Gasteiger partial charge in [-0.05, 0) is 42.3 Å². The van der Waals surface area contributed by atoms with Gasteiger partial charge in [0.2, 0.25) is 5.91 Å². The van der Waals surface area contributed by atoms with Crippen molar-refractivity contribution in [2.45, 2.75) is 13.3 Å². The monoisotopic (exact) mass is 284 g/mol. The van der Waals surface area contributed by atoms with E-state index in [1.54, 1.807) is 12.1 Å². The van der Waals surface area contributed by atoms with Gasteiger partial charge in [-0.15, -0.1) is 0 Å². The van der Waals surface area contributed by atoms with Crippen molar-refractivity contribution in [1.29, 1.82) is 0 Å². The summed E-state index contributed by atoms with van der Waals surface area (Å²) < 4.78 is 5.57. The molecule has 0 aliphatic rings. The molecule has 0 atom stereocenters. The molecule has 0 bridgehead atoms. The van der Waals surface area contributed by atoms with Crippen molar-refractivity contribution in [3.05, 3.63) is 59.7 Å². The van der Waals surface area contributed by atoms with Crippen LogP contribution in [0.3, 0.4) is 0 Å². The number of nitrogen functional groups attached to an aromatic ring is 1. The first-order valence-corrected chi connectivity index (χ1v) is 6.94. The van der Waals surface area contributed by atoms with Crippen LogP contribution in [-0.2, 0) is 11.2 Å². The number of benzene rings is 2. The predicted molar refractivity (Wildman–Crippen MR) is 84.2 cm³/mol. The van der Waals surface area contributed by atoms with Crippen molar-refractivity contribution in [3.8, 4) is 5.75 Å². The lowest BCUT2D eigenvalue weighted by Crippen LogP contribution is -2.29. The van der Waals surface area contributed by atoms with E-state index in [4.69, 9.17) is 10.5 Å². The van der Waals surface area contributed by atoms with Crippen LogP contribution in [-0.4, -0.2) is 19.1 Å². The molecule has 2 aromatic rings. The average Bonchev–Trinajstić information content (AvgIpc) is 2.46. The molecule has 2 rings (SSSR count). The van der Waals surface area contributed by atoms with Crippen LogP contribution < -0.4 is 15.8 Å². The second-order valence-corrected chi connectivity index (χ2v) is 4.93. The van der Waals surface area contributed by atoms with Crippen molar-refractivity contribution in [1.82, 2.24) is 5.32 Å². The summed E-state index contributed by atoms with van der Waals surface area (Å²) in [5.74, 6) is 0.801. The third kappa shape index (κ3) is 5.18. The molecular formula is C17H20N2O2. The molecule has 110 valence electrons. The van der Waals surface area contributed by atoms with E-state index in [9.17, 15) is 4.79 Å². The highest BCUT2D eigenvalue weighted by Crippen LogP contribution is 2.11. The minimum absolute atomic E-state index is 0.0207. The minimum Gasteiger partial charge on any atom is -0.492 e. The number of carbonyl (C=O) groups excluding carboxylic acids is 1. The maximum Gasteiger partial charge on any atom is 0.224 e. The standard InChI is InChI=1S/C17H20N2O2/c1-13-3-2-4-16(11-13)21-10-9-19-17(20)12-14-5-7-15(18)8-6-14/h2-8,11H,9-10,12,18H2,1H3,(H,19,20). The zero-order valence-corrected chi connectivity index (χ0v) is 12.1. The zero-order chi connectivity index (χ0) is 15.1. The molecule has 0 aromatic heterocycles. The molecule has 0 aliphatic heterocycles. The first-order valence-electron chi connectivity index (χ1n) is 6.94. The van der Waals surface area contributed by atoms with Crippen LogP contribution in [0, 0.1) is 6.92 Å². The largest absolute Gasteiger partial charge is 0.492 e.